The van der Waals surface area contributed by atoms with Crippen molar-refractivity contribution in [3.8, 4) is 0 Å². The van der Waals surface area contributed by atoms with E-state index in [1.165, 1.54) is 0 Å². The van der Waals surface area contributed by atoms with Crippen molar-refractivity contribution in [2.24, 2.45) is 11.1 Å². The minimum atomic E-state index is 0.0506. The zero-order valence-corrected chi connectivity index (χ0v) is 8.34. The van der Waals surface area contributed by atoms with Crippen LogP contribution >= 0.6 is 0 Å². The molecule has 0 amide bonds. The van der Waals surface area contributed by atoms with Crippen LogP contribution in [0.3, 0.4) is 0 Å². The van der Waals surface area contributed by atoms with Crippen molar-refractivity contribution in [3.63, 3.8) is 0 Å². The second-order valence-electron chi connectivity index (χ2n) is 3.66. The lowest BCUT2D eigenvalue weighted by Crippen LogP contribution is -2.38. The number of hydrogen-bond donors (Lipinski definition) is 2. The first-order chi connectivity index (χ1) is 5.58. The third kappa shape index (κ3) is 3.52. The van der Waals surface area contributed by atoms with Gasteiger partial charge < -0.3 is 15.6 Å². The van der Waals surface area contributed by atoms with Crippen LogP contribution in [0.25, 0.3) is 0 Å². The molecule has 0 bridgehead atoms. The van der Waals surface area contributed by atoms with Gasteiger partial charge in [0.1, 0.15) is 0 Å². The molecule has 3 N–H and O–H groups in total. The fraction of sp³-hybridized carbons (Fsp3) is 1.00. The summed E-state index contributed by atoms with van der Waals surface area (Å²) in [5, 5.41) is 8.58. The van der Waals surface area contributed by atoms with Gasteiger partial charge >= 0.3 is 0 Å². The number of nitrogens with two attached hydrogens (primary N) is 1. The zero-order valence-electron chi connectivity index (χ0n) is 8.34. The Bertz CT molecular complexity index is 115. The van der Waals surface area contributed by atoms with Crippen molar-refractivity contribution in [1.29, 1.82) is 0 Å². The van der Waals surface area contributed by atoms with Crippen LogP contribution in [0.4, 0.5) is 0 Å². The summed E-state index contributed by atoms with van der Waals surface area (Å²) in [5.41, 5.74) is 5.67. The van der Waals surface area contributed by atoms with Gasteiger partial charge in [0.05, 0.1) is 19.3 Å². The normalized spacial score (nSPS) is 14.8. The van der Waals surface area contributed by atoms with Gasteiger partial charge in [0.2, 0.25) is 0 Å². The van der Waals surface area contributed by atoms with Crippen LogP contribution in [0.1, 0.15) is 27.2 Å². The molecule has 74 valence electrons. The maximum atomic E-state index is 8.58. The number of hydrogen-bond acceptors (Lipinski definition) is 3. The van der Waals surface area contributed by atoms with E-state index < -0.39 is 0 Å². The lowest BCUT2D eigenvalue weighted by molar-refractivity contribution is -0.0339. The van der Waals surface area contributed by atoms with Gasteiger partial charge in [-0.2, -0.15) is 0 Å². The molecular formula is C9H21NO2. The smallest absolute Gasteiger partial charge is 0.0749 e. The topological polar surface area (TPSA) is 55.5 Å². The molecule has 0 heterocycles. The predicted octanol–water partition coefficient (Wildman–Crippen LogP) is 0.759. The van der Waals surface area contributed by atoms with Crippen LogP contribution in [0.5, 0.6) is 0 Å². The molecule has 0 aliphatic carbocycles. The Morgan fingerprint density at radius 1 is 1.50 bits per heavy atom. The first-order valence-corrected chi connectivity index (χ1v) is 4.51. The lowest BCUT2D eigenvalue weighted by Gasteiger charge is -2.32. The Morgan fingerprint density at radius 3 is 2.42 bits per heavy atom. The third-order valence-corrected chi connectivity index (χ3v) is 2.41. The van der Waals surface area contributed by atoms with Crippen molar-refractivity contribution >= 4 is 0 Å². The van der Waals surface area contributed by atoms with Crippen molar-refractivity contribution < 1.29 is 9.84 Å². The Kier molecular flexibility index (Phi) is 5.46. The molecule has 0 aliphatic heterocycles. The van der Waals surface area contributed by atoms with Crippen molar-refractivity contribution in [3.05, 3.63) is 0 Å². The number of rotatable bonds is 6. The fourth-order valence-electron chi connectivity index (χ4n) is 1.04. The number of aliphatic hydroxyl groups is 1. The molecule has 0 saturated heterocycles. The Morgan fingerprint density at radius 2 is 2.08 bits per heavy atom. The second kappa shape index (κ2) is 5.51. The van der Waals surface area contributed by atoms with Crippen molar-refractivity contribution in [2.45, 2.75) is 33.3 Å². The van der Waals surface area contributed by atoms with E-state index in [4.69, 9.17) is 15.6 Å². The van der Waals surface area contributed by atoms with Crippen LogP contribution in [0.15, 0.2) is 0 Å². The fourth-order valence-corrected chi connectivity index (χ4v) is 1.04. The monoisotopic (exact) mass is 175 g/mol. The number of ether oxygens (including phenoxy) is 1. The zero-order chi connectivity index (χ0) is 9.61. The molecule has 0 fully saturated rings. The molecule has 0 aliphatic rings. The summed E-state index contributed by atoms with van der Waals surface area (Å²) >= 11 is 0. The van der Waals surface area contributed by atoms with E-state index in [1.807, 2.05) is 0 Å². The molecule has 12 heavy (non-hydrogen) atoms. The van der Waals surface area contributed by atoms with Gasteiger partial charge in [0.25, 0.3) is 0 Å². The minimum absolute atomic E-state index is 0.0506. The molecule has 1 atom stereocenters. The summed E-state index contributed by atoms with van der Waals surface area (Å²) in [6, 6.07) is 0. The standard InChI is InChI=1S/C9H21NO2/c1-4-9(2,3)8(7-10)12-6-5-11/h8,11H,4-7,10H2,1-3H3. The molecule has 3 heteroatoms. The highest BCUT2D eigenvalue weighted by Crippen LogP contribution is 2.26. The summed E-state index contributed by atoms with van der Waals surface area (Å²) in [7, 11) is 0. The number of aliphatic hydroxyl groups excluding tert-OH is 1. The van der Waals surface area contributed by atoms with E-state index in [1.54, 1.807) is 0 Å². The van der Waals surface area contributed by atoms with Gasteiger partial charge in [-0.25, -0.2) is 0 Å². The van der Waals surface area contributed by atoms with Gasteiger partial charge in [-0.15, -0.1) is 0 Å². The predicted molar refractivity (Wildman–Crippen MR) is 50.0 cm³/mol. The minimum Gasteiger partial charge on any atom is -0.394 e. The van der Waals surface area contributed by atoms with E-state index in [0.29, 0.717) is 13.2 Å². The molecule has 0 aromatic heterocycles. The highest BCUT2D eigenvalue weighted by Gasteiger charge is 2.26. The molecule has 0 spiro atoms. The molecule has 0 rings (SSSR count). The average molecular weight is 175 g/mol. The molecular weight excluding hydrogens is 154 g/mol. The van der Waals surface area contributed by atoms with Crippen molar-refractivity contribution in [1.82, 2.24) is 0 Å². The molecule has 0 aromatic carbocycles. The highest BCUT2D eigenvalue weighted by molar-refractivity contribution is 4.78. The van der Waals surface area contributed by atoms with E-state index in [9.17, 15) is 0 Å². The first kappa shape index (κ1) is 11.9. The van der Waals surface area contributed by atoms with Crippen LogP contribution in [-0.2, 0) is 4.74 Å². The van der Waals surface area contributed by atoms with Crippen LogP contribution in [-0.4, -0.2) is 31.0 Å². The summed E-state index contributed by atoms with van der Waals surface area (Å²) < 4.78 is 5.42. The van der Waals surface area contributed by atoms with Gasteiger partial charge in [0, 0.05) is 6.54 Å². The highest BCUT2D eigenvalue weighted by atomic mass is 16.5. The SMILES string of the molecule is CCC(C)(C)C(CN)OCCO. The van der Waals surface area contributed by atoms with E-state index in [0.717, 1.165) is 6.42 Å². The Balaban J connectivity index is 3.95. The van der Waals surface area contributed by atoms with Crippen molar-refractivity contribution in [2.75, 3.05) is 19.8 Å². The van der Waals surface area contributed by atoms with Gasteiger partial charge in [-0.05, 0) is 11.8 Å². The first-order valence-electron chi connectivity index (χ1n) is 4.51. The van der Waals surface area contributed by atoms with Crippen LogP contribution in [0.2, 0.25) is 0 Å². The summed E-state index contributed by atoms with van der Waals surface area (Å²) in [6.07, 6.45) is 1.08. The van der Waals surface area contributed by atoms with E-state index in [-0.39, 0.29) is 18.1 Å². The van der Waals surface area contributed by atoms with Gasteiger partial charge in [-0.3, -0.25) is 0 Å². The summed E-state index contributed by atoms with van der Waals surface area (Å²) in [5.74, 6) is 0. The van der Waals surface area contributed by atoms with E-state index in [2.05, 4.69) is 20.8 Å². The molecule has 1 unspecified atom stereocenters. The molecule has 0 saturated carbocycles. The summed E-state index contributed by atoms with van der Waals surface area (Å²) in [6.45, 7) is 7.33. The maximum Gasteiger partial charge on any atom is 0.0749 e. The maximum absolute atomic E-state index is 8.58. The van der Waals surface area contributed by atoms with Gasteiger partial charge in [-0.1, -0.05) is 20.8 Å². The third-order valence-electron chi connectivity index (χ3n) is 2.41. The van der Waals surface area contributed by atoms with Gasteiger partial charge in [0.15, 0.2) is 0 Å². The van der Waals surface area contributed by atoms with E-state index >= 15 is 0 Å². The largest absolute Gasteiger partial charge is 0.394 e. The summed E-state index contributed by atoms with van der Waals surface area (Å²) in [4.78, 5) is 0. The second-order valence-corrected chi connectivity index (χ2v) is 3.66. The molecule has 3 nitrogen and oxygen atoms in total. The molecule has 0 radical (unpaired) electrons. The van der Waals surface area contributed by atoms with Crippen LogP contribution in [0, 0.1) is 5.41 Å². The average Bonchev–Trinajstić information content (AvgIpc) is 2.05. The Hall–Kier alpha value is -0.120. The Labute approximate surface area is 74.9 Å². The quantitative estimate of drug-likeness (QED) is 0.626. The molecule has 0 aromatic rings. The lowest BCUT2D eigenvalue weighted by atomic mass is 9.84. The van der Waals surface area contributed by atoms with Crippen LogP contribution < -0.4 is 5.73 Å².